The van der Waals surface area contributed by atoms with Crippen LogP contribution in [0.15, 0.2) is 0 Å². The Balaban J connectivity index is 0.000000914. The molecule has 196 valence electrons. The highest BCUT2D eigenvalue weighted by Crippen LogP contribution is 2.66. The zero-order valence-corrected chi connectivity index (χ0v) is 23.8. The molecule has 0 spiro atoms. The maximum absolute atomic E-state index is 10.3. The standard InChI is InChI=1S/C27H48O2.2C2H6/c1-25(2,29)15-6-5-8-19-9-7-10-23-22-12-11-20-18-21(28)13-16-27(20,4)24(22)14-17-26(19,23)3;2*1-2/h19-24,28-29H,5-18H2,1-4H3;2*1-2H3/t19?,20?,21?,22?,23-,24?,26?,27?;;/m0../s1. The summed E-state index contributed by atoms with van der Waals surface area (Å²) >= 11 is 0. The molecule has 0 amide bonds. The molecule has 4 fully saturated rings. The van der Waals surface area contributed by atoms with Crippen LogP contribution in [0.3, 0.4) is 0 Å². The van der Waals surface area contributed by atoms with Gasteiger partial charge in [0.15, 0.2) is 0 Å². The smallest absolute Gasteiger partial charge is 0.0591 e. The van der Waals surface area contributed by atoms with Gasteiger partial charge in [-0.15, -0.1) is 0 Å². The van der Waals surface area contributed by atoms with Gasteiger partial charge >= 0.3 is 0 Å². The first-order valence-electron chi connectivity index (χ1n) is 15.0. The number of aliphatic hydroxyl groups excluding tert-OH is 1. The number of hydrogen-bond acceptors (Lipinski definition) is 2. The molecule has 0 aromatic rings. The van der Waals surface area contributed by atoms with Gasteiger partial charge in [-0.25, -0.2) is 0 Å². The van der Waals surface area contributed by atoms with Crippen LogP contribution in [0.1, 0.15) is 145 Å². The topological polar surface area (TPSA) is 40.5 Å². The summed E-state index contributed by atoms with van der Waals surface area (Å²) in [6.07, 6.45) is 18.2. The van der Waals surface area contributed by atoms with Gasteiger partial charge in [-0.1, -0.05) is 60.8 Å². The molecule has 0 saturated heterocycles. The summed E-state index contributed by atoms with van der Waals surface area (Å²) in [7, 11) is 0. The van der Waals surface area contributed by atoms with Gasteiger partial charge in [0, 0.05) is 0 Å². The van der Waals surface area contributed by atoms with Gasteiger partial charge in [-0.05, 0) is 125 Å². The quantitative estimate of drug-likeness (QED) is 0.399. The molecule has 4 saturated carbocycles. The molecule has 0 bridgehead atoms. The van der Waals surface area contributed by atoms with Crippen molar-refractivity contribution in [2.75, 3.05) is 0 Å². The van der Waals surface area contributed by atoms with Crippen molar-refractivity contribution in [1.82, 2.24) is 0 Å². The molecule has 33 heavy (non-hydrogen) atoms. The molecular formula is C31H60O2. The number of unbranched alkanes of at least 4 members (excludes halogenated alkanes) is 1. The Kier molecular flexibility index (Phi) is 10.8. The lowest BCUT2D eigenvalue weighted by Crippen LogP contribution is -2.56. The van der Waals surface area contributed by atoms with E-state index in [1.807, 2.05) is 41.5 Å². The van der Waals surface area contributed by atoms with E-state index in [9.17, 15) is 10.2 Å². The fourth-order valence-corrected chi connectivity index (χ4v) is 8.97. The fraction of sp³-hybridized carbons (Fsp3) is 1.00. The average Bonchev–Trinajstić information content (AvgIpc) is 2.79. The van der Waals surface area contributed by atoms with E-state index >= 15 is 0 Å². The van der Waals surface area contributed by atoms with Crippen LogP contribution in [0.4, 0.5) is 0 Å². The van der Waals surface area contributed by atoms with Gasteiger partial charge in [0.05, 0.1) is 11.7 Å². The normalized spacial score (nSPS) is 42.4. The molecule has 0 aromatic carbocycles. The highest BCUT2D eigenvalue weighted by molar-refractivity contribution is 5.08. The predicted octanol–water partition coefficient (Wildman–Crippen LogP) is 8.78. The maximum atomic E-state index is 10.3. The van der Waals surface area contributed by atoms with E-state index in [4.69, 9.17) is 0 Å². The zero-order chi connectivity index (χ0) is 24.9. The Hall–Kier alpha value is -0.0800. The van der Waals surface area contributed by atoms with Crippen LogP contribution in [0.5, 0.6) is 0 Å². The van der Waals surface area contributed by atoms with E-state index in [1.165, 1.54) is 70.6 Å². The number of fused-ring (bicyclic) bond motifs is 5. The van der Waals surface area contributed by atoms with Crippen molar-refractivity contribution in [1.29, 1.82) is 0 Å². The Morgan fingerprint density at radius 2 is 1.42 bits per heavy atom. The summed E-state index contributed by atoms with van der Waals surface area (Å²) < 4.78 is 0. The third-order valence-corrected chi connectivity index (χ3v) is 10.7. The summed E-state index contributed by atoms with van der Waals surface area (Å²) in [6.45, 7) is 17.2. The van der Waals surface area contributed by atoms with Crippen molar-refractivity contribution in [3.8, 4) is 0 Å². The van der Waals surface area contributed by atoms with Crippen LogP contribution in [0.2, 0.25) is 0 Å². The van der Waals surface area contributed by atoms with Crippen LogP contribution in [-0.2, 0) is 0 Å². The fourth-order valence-electron chi connectivity index (χ4n) is 8.97. The van der Waals surface area contributed by atoms with E-state index < -0.39 is 5.60 Å². The van der Waals surface area contributed by atoms with Gasteiger partial charge in [-0.2, -0.15) is 0 Å². The van der Waals surface area contributed by atoms with Crippen molar-refractivity contribution in [3.63, 3.8) is 0 Å². The third-order valence-electron chi connectivity index (χ3n) is 10.7. The summed E-state index contributed by atoms with van der Waals surface area (Å²) in [6, 6.07) is 0. The minimum Gasteiger partial charge on any atom is -0.393 e. The molecule has 2 heteroatoms. The lowest BCUT2D eigenvalue weighted by Gasteiger charge is -2.64. The van der Waals surface area contributed by atoms with Crippen molar-refractivity contribution in [3.05, 3.63) is 0 Å². The molecule has 2 nitrogen and oxygen atoms in total. The Morgan fingerprint density at radius 1 is 0.788 bits per heavy atom. The van der Waals surface area contributed by atoms with Gasteiger partial charge < -0.3 is 10.2 Å². The van der Waals surface area contributed by atoms with Gasteiger partial charge in [0.25, 0.3) is 0 Å². The summed E-state index contributed by atoms with van der Waals surface area (Å²) in [5.41, 5.74) is 0.563. The maximum Gasteiger partial charge on any atom is 0.0591 e. The highest BCUT2D eigenvalue weighted by Gasteiger charge is 2.58. The zero-order valence-electron chi connectivity index (χ0n) is 23.8. The molecule has 0 aliphatic heterocycles. The predicted molar refractivity (Wildman–Crippen MR) is 143 cm³/mol. The molecule has 4 aliphatic rings. The van der Waals surface area contributed by atoms with Crippen molar-refractivity contribution in [2.24, 2.45) is 40.4 Å². The molecule has 8 atom stereocenters. The van der Waals surface area contributed by atoms with Crippen molar-refractivity contribution < 1.29 is 10.2 Å². The van der Waals surface area contributed by atoms with Crippen LogP contribution < -0.4 is 0 Å². The minimum atomic E-state index is -0.501. The van der Waals surface area contributed by atoms with E-state index in [-0.39, 0.29) is 6.10 Å². The first-order valence-corrected chi connectivity index (χ1v) is 15.0. The SMILES string of the molecule is CC.CC.CC(C)(O)CCCCC1CCC[C@H]2C3CCC4CC(O)CCC4(C)C3CCC12C. The molecule has 7 unspecified atom stereocenters. The minimum absolute atomic E-state index is 0.0264. The lowest BCUT2D eigenvalue weighted by molar-refractivity contribution is -0.151. The molecule has 4 rings (SSSR count). The molecule has 2 N–H and O–H groups in total. The average molecular weight is 465 g/mol. The summed E-state index contributed by atoms with van der Waals surface area (Å²) in [5.74, 6) is 4.49. The molecule has 4 aliphatic carbocycles. The number of aliphatic hydroxyl groups is 2. The first-order chi connectivity index (χ1) is 15.6. The molecule has 0 radical (unpaired) electrons. The summed E-state index contributed by atoms with van der Waals surface area (Å²) in [4.78, 5) is 0. The largest absolute Gasteiger partial charge is 0.393 e. The van der Waals surface area contributed by atoms with E-state index in [2.05, 4.69) is 13.8 Å². The van der Waals surface area contributed by atoms with Crippen molar-refractivity contribution >= 4 is 0 Å². The number of hydrogen-bond donors (Lipinski definition) is 2. The van der Waals surface area contributed by atoms with Crippen LogP contribution in [0, 0.1) is 40.4 Å². The van der Waals surface area contributed by atoms with E-state index in [1.54, 1.807) is 0 Å². The van der Waals surface area contributed by atoms with Crippen LogP contribution >= 0.6 is 0 Å². The Labute approximate surface area is 207 Å². The van der Waals surface area contributed by atoms with E-state index in [0.717, 1.165) is 48.9 Å². The monoisotopic (exact) mass is 464 g/mol. The third kappa shape index (κ3) is 6.38. The molecule has 0 aromatic heterocycles. The second kappa shape index (κ2) is 12.2. The van der Waals surface area contributed by atoms with Gasteiger partial charge in [0.2, 0.25) is 0 Å². The lowest BCUT2D eigenvalue weighted by atomic mass is 9.41. The van der Waals surface area contributed by atoms with Gasteiger partial charge in [0.1, 0.15) is 0 Å². The van der Waals surface area contributed by atoms with Crippen LogP contribution in [-0.4, -0.2) is 21.9 Å². The van der Waals surface area contributed by atoms with Crippen LogP contribution in [0.25, 0.3) is 0 Å². The van der Waals surface area contributed by atoms with Gasteiger partial charge in [-0.3, -0.25) is 0 Å². The highest BCUT2D eigenvalue weighted by atomic mass is 16.3. The Morgan fingerprint density at radius 3 is 2.09 bits per heavy atom. The summed E-state index contributed by atoms with van der Waals surface area (Å²) in [5, 5.41) is 20.3. The van der Waals surface area contributed by atoms with Crippen molar-refractivity contribution in [2.45, 2.75) is 157 Å². The second-order valence-corrected chi connectivity index (χ2v) is 12.8. The van der Waals surface area contributed by atoms with E-state index in [0.29, 0.717) is 10.8 Å². The molecule has 0 heterocycles. The Bertz CT molecular complexity index is 566. The number of rotatable bonds is 5. The molecular weight excluding hydrogens is 404 g/mol. The second-order valence-electron chi connectivity index (χ2n) is 12.8. The first kappa shape index (κ1) is 29.2.